The van der Waals surface area contributed by atoms with Crippen LogP contribution in [0.4, 0.5) is 8.78 Å². The van der Waals surface area contributed by atoms with E-state index in [0.29, 0.717) is 6.54 Å². The Bertz CT molecular complexity index is 809. The molecule has 3 aromatic carbocycles. The Morgan fingerprint density at radius 1 is 0.760 bits per heavy atom. The maximum absolute atomic E-state index is 13.6. The molecule has 0 unspecified atom stereocenters. The molecule has 1 nitrogen and oxygen atoms in total. The summed E-state index contributed by atoms with van der Waals surface area (Å²) < 4.78 is 27.2. The monoisotopic (exact) mass is 335 g/mol. The number of nitrogens with one attached hydrogen (secondary N) is 1. The number of hydrogen-bond donors (Lipinski definition) is 1. The minimum absolute atomic E-state index is 0.308. The minimum atomic E-state index is -0.308. The molecule has 0 saturated heterocycles. The zero-order valence-corrected chi connectivity index (χ0v) is 13.8. The molecule has 3 heteroatoms. The lowest BCUT2D eigenvalue weighted by atomic mass is 9.97. The second-order valence-corrected chi connectivity index (χ2v) is 5.75. The average molecular weight is 335 g/mol. The maximum Gasteiger partial charge on any atom is 0.123 e. The van der Waals surface area contributed by atoms with Gasteiger partial charge in [0.25, 0.3) is 0 Å². The highest BCUT2D eigenvalue weighted by Crippen LogP contribution is 2.24. The summed E-state index contributed by atoms with van der Waals surface area (Å²) in [4.78, 5) is 0. The summed E-state index contributed by atoms with van der Waals surface area (Å²) in [6, 6.07) is 22.8. The molecule has 0 bridgehead atoms. The van der Waals surface area contributed by atoms with Gasteiger partial charge in [0.2, 0.25) is 0 Å². The number of rotatable bonds is 6. The molecule has 3 aromatic rings. The van der Waals surface area contributed by atoms with Crippen molar-refractivity contribution in [1.82, 2.24) is 5.32 Å². The molecule has 0 aliphatic carbocycles. The van der Waals surface area contributed by atoms with Gasteiger partial charge in [0.1, 0.15) is 11.6 Å². The SMILES string of the molecule is Fc1cccc(C(=CCNCc2ccccc2)c2cccc(F)c2)c1. The van der Waals surface area contributed by atoms with E-state index in [2.05, 4.69) is 17.4 Å². The first-order valence-corrected chi connectivity index (χ1v) is 8.19. The van der Waals surface area contributed by atoms with Gasteiger partial charge in [0.15, 0.2) is 0 Å². The van der Waals surface area contributed by atoms with Crippen molar-refractivity contribution >= 4 is 5.57 Å². The molecule has 25 heavy (non-hydrogen) atoms. The second-order valence-electron chi connectivity index (χ2n) is 5.75. The Morgan fingerprint density at radius 2 is 1.36 bits per heavy atom. The van der Waals surface area contributed by atoms with Crippen LogP contribution in [-0.2, 0) is 6.54 Å². The van der Waals surface area contributed by atoms with Crippen LogP contribution in [0, 0.1) is 11.6 Å². The topological polar surface area (TPSA) is 12.0 Å². The first-order valence-electron chi connectivity index (χ1n) is 8.19. The predicted octanol–water partition coefficient (Wildman–Crippen LogP) is 5.19. The van der Waals surface area contributed by atoms with Gasteiger partial charge in [-0.1, -0.05) is 60.7 Å². The van der Waals surface area contributed by atoms with E-state index in [9.17, 15) is 8.78 Å². The normalized spacial score (nSPS) is 10.5. The molecule has 1 N–H and O–H groups in total. The second kappa shape index (κ2) is 8.36. The van der Waals surface area contributed by atoms with E-state index < -0.39 is 0 Å². The van der Waals surface area contributed by atoms with E-state index in [1.165, 1.54) is 29.8 Å². The number of halogens is 2. The summed E-state index contributed by atoms with van der Waals surface area (Å²) in [6.07, 6.45) is 1.96. The van der Waals surface area contributed by atoms with Crippen LogP contribution < -0.4 is 5.32 Å². The quantitative estimate of drug-likeness (QED) is 0.612. The van der Waals surface area contributed by atoms with Gasteiger partial charge >= 0.3 is 0 Å². The number of benzene rings is 3. The zero-order valence-electron chi connectivity index (χ0n) is 13.8. The molecule has 3 rings (SSSR count). The summed E-state index contributed by atoms with van der Waals surface area (Å²) in [6.45, 7) is 1.33. The Morgan fingerprint density at radius 3 is 1.92 bits per heavy atom. The third-order valence-corrected chi connectivity index (χ3v) is 3.89. The van der Waals surface area contributed by atoms with E-state index in [1.807, 2.05) is 36.4 Å². The van der Waals surface area contributed by atoms with Crippen LogP contribution >= 0.6 is 0 Å². The van der Waals surface area contributed by atoms with Gasteiger partial charge in [-0.25, -0.2) is 8.78 Å². The molecular formula is C22H19F2N. The van der Waals surface area contributed by atoms with Crippen molar-refractivity contribution in [2.24, 2.45) is 0 Å². The van der Waals surface area contributed by atoms with E-state index in [-0.39, 0.29) is 11.6 Å². The fraction of sp³-hybridized carbons (Fsp3) is 0.0909. The fourth-order valence-corrected chi connectivity index (χ4v) is 2.70. The summed E-state index contributed by atoms with van der Waals surface area (Å²) in [7, 11) is 0. The molecule has 0 spiro atoms. The van der Waals surface area contributed by atoms with E-state index in [4.69, 9.17) is 0 Å². The van der Waals surface area contributed by atoms with Crippen molar-refractivity contribution in [2.75, 3.05) is 6.54 Å². The van der Waals surface area contributed by atoms with E-state index in [1.54, 1.807) is 12.1 Å². The third-order valence-electron chi connectivity index (χ3n) is 3.89. The lowest BCUT2D eigenvalue weighted by molar-refractivity contribution is 0.627. The molecule has 126 valence electrons. The first kappa shape index (κ1) is 17.1. The molecule has 0 heterocycles. The minimum Gasteiger partial charge on any atom is -0.309 e. The summed E-state index contributed by atoms with van der Waals surface area (Å²) in [5.41, 5.74) is 3.45. The number of hydrogen-bond acceptors (Lipinski definition) is 1. The van der Waals surface area contributed by atoms with Crippen LogP contribution in [0.5, 0.6) is 0 Å². The summed E-state index contributed by atoms with van der Waals surface area (Å²) in [5.74, 6) is -0.617. The summed E-state index contributed by atoms with van der Waals surface area (Å²) >= 11 is 0. The van der Waals surface area contributed by atoms with Crippen molar-refractivity contribution in [3.8, 4) is 0 Å². The van der Waals surface area contributed by atoms with E-state index >= 15 is 0 Å². The molecule has 0 aliphatic heterocycles. The van der Waals surface area contributed by atoms with Crippen molar-refractivity contribution in [1.29, 1.82) is 0 Å². The van der Waals surface area contributed by atoms with Crippen LogP contribution in [0.3, 0.4) is 0 Å². The van der Waals surface area contributed by atoms with Crippen LogP contribution in [0.2, 0.25) is 0 Å². The third kappa shape index (κ3) is 4.85. The molecule has 0 radical (unpaired) electrons. The van der Waals surface area contributed by atoms with Gasteiger partial charge < -0.3 is 5.32 Å². The lowest BCUT2D eigenvalue weighted by Crippen LogP contribution is -2.13. The highest BCUT2D eigenvalue weighted by atomic mass is 19.1. The average Bonchev–Trinajstić information content (AvgIpc) is 2.62. The molecular weight excluding hydrogens is 316 g/mol. The molecule has 0 atom stereocenters. The molecule has 0 aromatic heterocycles. The van der Waals surface area contributed by atoms with Crippen LogP contribution in [0.15, 0.2) is 84.9 Å². The highest BCUT2D eigenvalue weighted by molar-refractivity contribution is 5.79. The van der Waals surface area contributed by atoms with Crippen molar-refractivity contribution < 1.29 is 8.78 Å². The lowest BCUT2D eigenvalue weighted by Gasteiger charge is -2.10. The molecule has 0 saturated carbocycles. The van der Waals surface area contributed by atoms with Gasteiger partial charge in [0.05, 0.1) is 0 Å². The van der Waals surface area contributed by atoms with Gasteiger partial charge in [-0.2, -0.15) is 0 Å². The van der Waals surface area contributed by atoms with Crippen molar-refractivity contribution in [2.45, 2.75) is 6.54 Å². The smallest absolute Gasteiger partial charge is 0.123 e. The van der Waals surface area contributed by atoms with Crippen LogP contribution in [0.25, 0.3) is 5.57 Å². The Balaban J connectivity index is 1.81. The molecule has 0 aliphatic rings. The van der Waals surface area contributed by atoms with Crippen molar-refractivity contribution in [3.63, 3.8) is 0 Å². The summed E-state index contributed by atoms with van der Waals surface area (Å²) in [5, 5.41) is 3.34. The molecule has 0 amide bonds. The fourth-order valence-electron chi connectivity index (χ4n) is 2.70. The molecule has 0 fully saturated rings. The Hall–Kier alpha value is -2.78. The highest BCUT2D eigenvalue weighted by Gasteiger charge is 2.07. The van der Waals surface area contributed by atoms with Crippen LogP contribution in [0.1, 0.15) is 16.7 Å². The standard InChI is InChI=1S/C22H19F2N/c23-20-10-4-8-18(14-20)22(19-9-5-11-21(24)15-19)12-13-25-16-17-6-2-1-3-7-17/h1-12,14-15,25H,13,16H2. The van der Waals surface area contributed by atoms with Gasteiger partial charge in [-0.15, -0.1) is 0 Å². The Labute approximate surface area is 146 Å². The van der Waals surface area contributed by atoms with E-state index in [0.717, 1.165) is 23.2 Å². The largest absolute Gasteiger partial charge is 0.309 e. The van der Waals surface area contributed by atoms with Crippen molar-refractivity contribution in [3.05, 3.63) is 113 Å². The Kier molecular flexibility index (Phi) is 5.70. The van der Waals surface area contributed by atoms with Gasteiger partial charge in [0, 0.05) is 13.1 Å². The first-order chi connectivity index (χ1) is 12.2. The zero-order chi connectivity index (χ0) is 17.5. The van der Waals surface area contributed by atoms with Gasteiger partial charge in [-0.05, 0) is 46.5 Å². The predicted molar refractivity (Wildman–Crippen MR) is 98.0 cm³/mol. The maximum atomic E-state index is 13.6. The van der Waals surface area contributed by atoms with Crippen LogP contribution in [-0.4, -0.2) is 6.54 Å². The van der Waals surface area contributed by atoms with Gasteiger partial charge in [-0.3, -0.25) is 0 Å².